The zero-order chi connectivity index (χ0) is 16.8. The van der Waals surface area contributed by atoms with E-state index in [1.807, 2.05) is 20.8 Å². The van der Waals surface area contributed by atoms with Gasteiger partial charge in [0.2, 0.25) is 0 Å². The molecule has 1 N–H and O–H groups in total. The maximum atomic E-state index is 10.7. The lowest BCUT2D eigenvalue weighted by molar-refractivity contribution is 0.181. The molecule has 0 rings (SSSR count). The van der Waals surface area contributed by atoms with Gasteiger partial charge in [0.05, 0.1) is 12.4 Å². The van der Waals surface area contributed by atoms with E-state index >= 15 is 0 Å². The average molecular weight is 349 g/mol. The molecule has 0 aromatic heterocycles. The fraction of sp³-hybridized carbons (Fsp3) is 1.00. The summed E-state index contributed by atoms with van der Waals surface area (Å²) in [4.78, 5) is 0. The van der Waals surface area contributed by atoms with Gasteiger partial charge in [-0.1, -0.05) is 49.0 Å². The normalized spacial score (nSPS) is 13.0. The molecular weight excluding hydrogens is 316 g/mol. The van der Waals surface area contributed by atoms with Crippen molar-refractivity contribution in [2.75, 3.05) is 18.6 Å². The van der Waals surface area contributed by atoms with Crippen molar-refractivity contribution in [2.24, 2.45) is 10.8 Å². The summed E-state index contributed by atoms with van der Waals surface area (Å²) in [5, 5.41) is 0. The molecule has 0 bridgehead atoms. The monoisotopic (exact) mass is 348 g/mol. The molecule has 0 amide bonds. The molecule has 6 nitrogen and oxygen atoms in total. The lowest BCUT2D eigenvalue weighted by atomic mass is 9.94. The molecule has 132 valence electrons. The summed E-state index contributed by atoms with van der Waals surface area (Å²) in [5.41, 5.74) is -0.126. The zero-order valence-electron chi connectivity index (χ0n) is 13.4. The Morgan fingerprint density at radius 2 is 1.29 bits per heavy atom. The van der Waals surface area contributed by atoms with Crippen LogP contribution in [0.4, 0.5) is 0 Å². The fourth-order valence-corrected chi connectivity index (χ4v) is 2.23. The Labute approximate surface area is 131 Å². The first-order chi connectivity index (χ1) is 8.41. The second-order valence-electron chi connectivity index (χ2n) is 7.19. The summed E-state index contributed by atoms with van der Waals surface area (Å²) < 4.78 is 53.6. The van der Waals surface area contributed by atoms with Gasteiger partial charge in [-0.25, -0.2) is 12.6 Å². The Morgan fingerprint density at radius 3 is 1.38 bits per heavy atom. The third kappa shape index (κ3) is 33.0. The summed E-state index contributed by atoms with van der Waals surface area (Å²) in [7, 11) is -7.01. The van der Waals surface area contributed by atoms with Crippen LogP contribution in [0.3, 0.4) is 0 Å². The van der Waals surface area contributed by atoms with Gasteiger partial charge < -0.3 is 0 Å². The van der Waals surface area contributed by atoms with Crippen LogP contribution in [0.2, 0.25) is 0 Å². The third-order valence-corrected chi connectivity index (χ3v) is 3.23. The van der Waals surface area contributed by atoms with E-state index in [9.17, 15) is 16.8 Å². The fourth-order valence-electron chi connectivity index (χ4n) is 0.743. The second kappa shape index (κ2) is 9.07. The molecular formula is C13H32O6S2. The SMILES string of the molecule is C.CC(C)(C)CCS(C)(=O)=O.CC(C)(C)COS(=O)(=O)O. The standard InChI is InChI=1S/C7H16O2S.C5H12O4S.CH4/c1-7(2,3)5-6-10(4,8)9;1-5(2,3)4-9-10(6,7)8;/h5-6H2,1-4H3;4H2,1-3H3,(H,6,7,8);1H4. The van der Waals surface area contributed by atoms with Crippen molar-refractivity contribution in [3.05, 3.63) is 0 Å². The molecule has 0 fully saturated rings. The predicted octanol–water partition coefficient (Wildman–Crippen LogP) is 2.96. The Bertz CT molecular complexity index is 418. The molecule has 0 atom stereocenters. The van der Waals surface area contributed by atoms with Crippen LogP contribution < -0.4 is 0 Å². The number of hydrogen-bond donors (Lipinski definition) is 1. The van der Waals surface area contributed by atoms with Crippen LogP contribution >= 0.6 is 0 Å². The maximum absolute atomic E-state index is 10.7. The molecule has 0 saturated carbocycles. The van der Waals surface area contributed by atoms with Crippen LogP contribution in [-0.4, -0.2) is 40.0 Å². The highest BCUT2D eigenvalue weighted by molar-refractivity contribution is 7.90. The Balaban J connectivity index is -0.000000295. The molecule has 0 unspecified atom stereocenters. The second-order valence-corrected chi connectivity index (χ2v) is 10.5. The molecule has 8 heteroatoms. The largest absolute Gasteiger partial charge is 0.397 e. The van der Waals surface area contributed by atoms with Crippen molar-refractivity contribution >= 4 is 20.2 Å². The number of sulfone groups is 1. The highest BCUT2D eigenvalue weighted by Gasteiger charge is 2.15. The van der Waals surface area contributed by atoms with Crippen molar-refractivity contribution < 1.29 is 25.6 Å². The summed E-state index contributed by atoms with van der Waals surface area (Å²) in [6, 6.07) is 0. The molecule has 0 radical (unpaired) electrons. The van der Waals surface area contributed by atoms with E-state index in [-0.39, 0.29) is 24.9 Å². The molecule has 0 aromatic carbocycles. The van der Waals surface area contributed by atoms with Gasteiger partial charge >= 0.3 is 10.4 Å². The van der Waals surface area contributed by atoms with E-state index in [0.717, 1.165) is 6.42 Å². The topological polar surface area (TPSA) is 97.7 Å². The van der Waals surface area contributed by atoms with Crippen LogP contribution in [0.5, 0.6) is 0 Å². The summed E-state index contributed by atoms with van der Waals surface area (Å²) in [6.45, 7) is 11.5. The van der Waals surface area contributed by atoms with E-state index in [1.54, 1.807) is 20.8 Å². The van der Waals surface area contributed by atoms with Gasteiger partial charge in [0.1, 0.15) is 9.84 Å². The first-order valence-corrected chi connectivity index (χ1v) is 9.63. The van der Waals surface area contributed by atoms with Gasteiger partial charge in [-0.3, -0.25) is 4.55 Å². The van der Waals surface area contributed by atoms with Gasteiger partial charge in [0, 0.05) is 6.26 Å². The first-order valence-electron chi connectivity index (χ1n) is 6.21. The van der Waals surface area contributed by atoms with Gasteiger partial charge in [-0.2, -0.15) is 8.42 Å². The van der Waals surface area contributed by atoms with Crippen LogP contribution in [-0.2, 0) is 24.4 Å². The molecule has 0 aliphatic rings. The Morgan fingerprint density at radius 1 is 0.905 bits per heavy atom. The molecule has 0 spiro atoms. The van der Waals surface area contributed by atoms with Crippen molar-refractivity contribution in [1.29, 1.82) is 0 Å². The maximum Gasteiger partial charge on any atom is 0.397 e. The van der Waals surface area contributed by atoms with Gasteiger partial charge in [-0.15, -0.1) is 0 Å². The minimum absolute atomic E-state index is 0. The van der Waals surface area contributed by atoms with Crippen molar-refractivity contribution in [3.63, 3.8) is 0 Å². The molecule has 0 aromatic rings. The highest BCUT2D eigenvalue weighted by Crippen LogP contribution is 2.18. The highest BCUT2D eigenvalue weighted by atomic mass is 32.3. The van der Waals surface area contributed by atoms with Crippen LogP contribution in [0.15, 0.2) is 0 Å². The van der Waals surface area contributed by atoms with Crippen LogP contribution in [0, 0.1) is 10.8 Å². The van der Waals surface area contributed by atoms with E-state index in [0.29, 0.717) is 5.75 Å². The van der Waals surface area contributed by atoms with Crippen LogP contribution in [0.1, 0.15) is 55.4 Å². The lowest BCUT2D eigenvalue weighted by Gasteiger charge is -2.16. The molecule has 0 heterocycles. The van der Waals surface area contributed by atoms with E-state index in [1.165, 1.54) is 6.26 Å². The van der Waals surface area contributed by atoms with E-state index in [2.05, 4.69) is 4.18 Å². The Kier molecular flexibility index (Phi) is 11.1. The summed E-state index contributed by atoms with van der Waals surface area (Å²) >= 11 is 0. The number of rotatable bonds is 4. The van der Waals surface area contributed by atoms with Crippen molar-refractivity contribution in [1.82, 2.24) is 0 Å². The molecule has 21 heavy (non-hydrogen) atoms. The minimum atomic E-state index is -4.26. The molecule has 0 saturated heterocycles. The third-order valence-electron chi connectivity index (χ3n) is 1.86. The predicted molar refractivity (Wildman–Crippen MR) is 87.5 cm³/mol. The summed E-state index contributed by atoms with van der Waals surface area (Å²) in [6.07, 6.45) is 2.02. The Hall–Kier alpha value is -0.180. The quantitative estimate of drug-likeness (QED) is 0.784. The van der Waals surface area contributed by atoms with Crippen LogP contribution in [0.25, 0.3) is 0 Å². The van der Waals surface area contributed by atoms with E-state index in [4.69, 9.17) is 4.55 Å². The van der Waals surface area contributed by atoms with E-state index < -0.39 is 20.2 Å². The first kappa shape index (κ1) is 25.8. The molecule has 0 aliphatic heterocycles. The minimum Gasteiger partial charge on any atom is -0.264 e. The van der Waals surface area contributed by atoms with Gasteiger partial charge in [-0.05, 0) is 17.3 Å². The van der Waals surface area contributed by atoms with Gasteiger partial charge in [0.25, 0.3) is 0 Å². The van der Waals surface area contributed by atoms with Gasteiger partial charge in [0.15, 0.2) is 0 Å². The zero-order valence-corrected chi connectivity index (χ0v) is 15.1. The molecule has 0 aliphatic carbocycles. The lowest BCUT2D eigenvalue weighted by Crippen LogP contribution is -2.17. The number of hydrogen-bond acceptors (Lipinski definition) is 5. The smallest absolute Gasteiger partial charge is 0.264 e. The van der Waals surface area contributed by atoms with Crippen molar-refractivity contribution in [3.8, 4) is 0 Å². The summed E-state index contributed by atoms with van der Waals surface area (Å²) in [5.74, 6) is 0.302. The average Bonchev–Trinajstić information content (AvgIpc) is 2.09. The van der Waals surface area contributed by atoms with Crippen molar-refractivity contribution in [2.45, 2.75) is 55.4 Å².